The van der Waals surface area contributed by atoms with Gasteiger partial charge in [-0.1, -0.05) is 0 Å². The molecule has 1 saturated heterocycles. The van der Waals surface area contributed by atoms with Crippen molar-refractivity contribution in [1.29, 1.82) is 0 Å². The minimum atomic E-state index is -0.647. The molecule has 0 atom stereocenters. The standard InChI is InChI=1S/C12H19NO3/c1-5-10-6-8-13(9-7-10)16-11(14)15-12(2,3)4/h1,10H,6-9H2,2-4H3. The minimum absolute atomic E-state index is 0.304. The number of hydrogen-bond acceptors (Lipinski definition) is 4. The van der Waals surface area contributed by atoms with Crippen LogP contribution in [0.25, 0.3) is 0 Å². The maximum Gasteiger partial charge on any atom is 0.528 e. The molecule has 1 heterocycles. The first-order valence-corrected chi connectivity index (χ1v) is 5.53. The van der Waals surface area contributed by atoms with Crippen LogP contribution in [-0.2, 0) is 9.57 Å². The van der Waals surface area contributed by atoms with Crippen LogP contribution in [0, 0.1) is 18.3 Å². The number of carbonyl (C=O) groups excluding carboxylic acids is 1. The fraction of sp³-hybridized carbons (Fsp3) is 0.750. The zero-order valence-electron chi connectivity index (χ0n) is 10.2. The second-order valence-electron chi connectivity index (χ2n) is 4.93. The first-order valence-electron chi connectivity index (χ1n) is 5.53. The Morgan fingerprint density at radius 1 is 1.38 bits per heavy atom. The van der Waals surface area contributed by atoms with Crippen molar-refractivity contribution in [2.45, 2.75) is 39.2 Å². The second-order valence-corrected chi connectivity index (χ2v) is 4.93. The first kappa shape index (κ1) is 12.9. The van der Waals surface area contributed by atoms with Gasteiger partial charge in [0.1, 0.15) is 5.60 Å². The molecular weight excluding hydrogens is 206 g/mol. The number of terminal acetylenes is 1. The molecule has 4 heteroatoms. The summed E-state index contributed by atoms with van der Waals surface area (Å²) >= 11 is 0. The summed E-state index contributed by atoms with van der Waals surface area (Å²) in [5, 5.41) is 1.61. The Balaban J connectivity index is 2.29. The predicted molar refractivity (Wildman–Crippen MR) is 60.4 cm³/mol. The van der Waals surface area contributed by atoms with E-state index in [0.717, 1.165) is 12.8 Å². The molecule has 0 aromatic heterocycles. The van der Waals surface area contributed by atoms with Crippen LogP contribution < -0.4 is 0 Å². The van der Waals surface area contributed by atoms with Crippen LogP contribution in [0.2, 0.25) is 0 Å². The van der Waals surface area contributed by atoms with Gasteiger partial charge in [-0.3, -0.25) is 0 Å². The van der Waals surface area contributed by atoms with E-state index in [1.54, 1.807) is 25.8 Å². The van der Waals surface area contributed by atoms with Gasteiger partial charge in [-0.25, -0.2) is 4.79 Å². The number of hydrogen-bond donors (Lipinski definition) is 0. The largest absolute Gasteiger partial charge is 0.528 e. The SMILES string of the molecule is C#CC1CCN(OC(=O)OC(C)(C)C)CC1. The Kier molecular flexibility index (Phi) is 4.19. The van der Waals surface area contributed by atoms with Gasteiger partial charge in [0, 0.05) is 19.0 Å². The number of hydroxylamine groups is 2. The molecule has 0 aromatic carbocycles. The van der Waals surface area contributed by atoms with Gasteiger partial charge in [-0.15, -0.1) is 17.4 Å². The monoisotopic (exact) mass is 225 g/mol. The molecule has 0 unspecified atom stereocenters. The summed E-state index contributed by atoms with van der Waals surface area (Å²) in [7, 11) is 0. The second kappa shape index (κ2) is 5.22. The highest BCUT2D eigenvalue weighted by atomic mass is 16.8. The maximum absolute atomic E-state index is 11.4. The normalized spacial score (nSPS) is 18.9. The van der Waals surface area contributed by atoms with Gasteiger partial charge in [-0.05, 0) is 33.6 Å². The van der Waals surface area contributed by atoms with Gasteiger partial charge in [0.15, 0.2) is 0 Å². The molecule has 0 N–H and O–H groups in total. The van der Waals surface area contributed by atoms with E-state index in [4.69, 9.17) is 16.0 Å². The summed E-state index contributed by atoms with van der Waals surface area (Å²) in [5.74, 6) is 3.02. The third-order valence-electron chi connectivity index (χ3n) is 2.28. The third-order valence-corrected chi connectivity index (χ3v) is 2.28. The number of rotatable bonds is 1. The first-order chi connectivity index (χ1) is 7.40. The average Bonchev–Trinajstić information content (AvgIpc) is 2.16. The van der Waals surface area contributed by atoms with E-state index in [-0.39, 0.29) is 0 Å². The summed E-state index contributed by atoms with van der Waals surface area (Å²) in [4.78, 5) is 16.4. The molecule has 90 valence electrons. The number of piperidine rings is 1. The molecule has 4 nitrogen and oxygen atoms in total. The van der Waals surface area contributed by atoms with Crippen molar-refractivity contribution in [3.63, 3.8) is 0 Å². The fourth-order valence-corrected chi connectivity index (χ4v) is 1.49. The van der Waals surface area contributed by atoms with E-state index in [1.165, 1.54) is 0 Å². The summed E-state index contributed by atoms with van der Waals surface area (Å²) in [6.45, 7) is 6.76. The molecule has 0 radical (unpaired) electrons. The molecule has 0 amide bonds. The number of ether oxygens (including phenoxy) is 1. The molecular formula is C12H19NO3. The van der Waals surface area contributed by atoms with Crippen molar-refractivity contribution in [3.8, 4) is 12.3 Å². The van der Waals surface area contributed by atoms with Crippen LogP contribution in [0.3, 0.4) is 0 Å². The van der Waals surface area contributed by atoms with E-state index in [1.807, 2.05) is 0 Å². The molecule has 0 saturated carbocycles. The van der Waals surface area contributed by atoms with Gasteiger partial charge in [0.2, 0.25) is 0 Å². The van der Waals surface area contributed by atoms with Gasteiger partial charge < -0.3 is 9.57 Å². The van der Waals surface area contributed by atoms with E-state index in [9.17, 15) is 4.79 Å². The molecule has 0 aromatic rings. The van der Waals surface area contributed by atoms with Crippen molar-refractivity contribution < 1.29 is 14.4 Å². The van der Waals surface area contributed by atoms with Crippen LogP contribution in [0.5, 0.6) is 0 Å². The lowest BCUT2D eigenvalue weighted by molar-refractivity contribution is -0.153. The quantitative estimate of drug-likeness (QED) is 0.506. The van der Waals surface area contributed by atoms with Crippen LogP contribution in [0.1, 0.15) is 33.6 Å². The topological polar surface area (TPSA) is 38.8 Å². The molecule has 0 aliphatic carbocycles. The summed E-state index contributed by atoms with van der Waals surface area (Å²) in [6.07, 6.45) is 6.41. The van der Waals surface area contributed by atoms with Crippen molar-refractivity contribution >= 4 is 6.16 Å². The van der Waals surface area contributed by atoms with Gasteiger partial charge in [0.05, 0.1) is 0 Å². The summed E-state index contributed by atoms with van der Waals surface area (Å²) in [6, 6.07) is 0. The van der Waals surface area contributed by atoms with E-state index < -0.39 is 11.8 Å². The zero-order valence-corrected chi connectivity index (χ0v) is 10.2. The van der Waals surface area contributed by atoms with E-state index in [2.05, 4.69) is 5.92 Å². The highest BCUT2D eigenvalue weighted by molar-refractivity contribution is 5.60. The fourth-order valence-electron chi connectivity index (χ4n) is 1.49. The number of carbonyl (C=O) groups is 1. The molecule has 16 heavy (non-hydrogen) atoms. The highest BCUT2D eigenvalue weighted by Crippen LogP contribution is 2.17. The number of nitrogens with zero attached hydrogens (tertiary/aromatic N) is 1. The van der Waals surface area contributed by atoms with Crippen LogP contribution in [-0.4, -0.2) is 29.9 Å². The third kappa shape index (κ3) is 4.54. The van der Waals surface area contributed by atoms with E-state index >= 15 is 0 Å². The lowest BCUT2D eigenvalue weighted by Gasteiger charge is -2.29. The average molecular weight is 225 g/mol. The summed E-state index contributed by atoms with van der Waals surface area (Å²) in [5.41, 5.74) is -0.520. The van der Waals surface area contributed by atoms with Crippen molar-refractivity contribution in [2.24, 2.45) is 5.92 Å². The maximum atomic E-state index is 11.4. The Bertz CT molecular complexity index is 280. The Morgan fingerprint density at radius 2 is 1.94 bits per heavy atom. The minimum Gasteiger partial charge on any atom is -0.427 e. The van der Waals surface area contributed by atoms with Crippen LogP contribution >= 0.6 is 0 Å². The molecule has 1 aliphatic rings. The van der Waals surface area contributed by atoms with Gasteiger partial charge in [-0.2, -0.15) is 0 Å². The zero-order chi connectivity index (χ0) is 12.2. The summed E-state index contributed by atoms with van der Waals surface area (Å²) < 4.78 is 5.05. The lowest BCUT2D eigenvalue weighted by atomic mass is 9.99. The van der Waals surface area contributed by atoms with Crippen LogP contribution in [0.4, 0.5) is 4.79 Å². The lowest BCUT2D eigenvalue weighted by Crippen LogP contribution is -2.37. The molecule has 0 spiro atoms. The Labute approximate surface area is 96.8 Å². The smallest absolute Gasteiger partial charge is 0.427 e. The van der Waals surface area contributed by atoms with Gasteiger partial charge in [0.25, 0.3) is 0 Å². The molecule has 1 aliphatic heterocycles. The highest BCUT2D eigenvalue weighted by Gasteiger charge is 2.24. The molecule has 0 bridgehead atoms. The molecule has 1 rings (SSSR count). The van der Waals surface area contributed by atoms with Crippen molar-refractivity contribution in [1.82, 2.24) is 5.06 Å². The Hall–Kier alpha value is -1.21. The van der Waals surface area contributed by atoms with Gasteiger partial charge >= 0.3 is 6.16 Å². The van der Waals surface area contributed by atoms with Crippen LogP contribution in [0.15, 0.2) is 0 Å². The predicted octanol–water partition coefficient (Wildman–Crippen LogP) is 2.20. The molecule has 1 fully saturated rings. The van der Waals surface area contributed by atoms with E-state index in [0.29, 0.717) is 19.0 Å². The Morgan fingerprint density at radius 3 is 2.38 bits per heavy atom. The van der Waals surface area contributed by atoms with Crippen molar-refractivity contribution in [2.75, 3.05) is 13.1 Å². The van der Waals surface area contributed by atoms with Crippen molar-refractivity contribution in [3.05, 3.63) is 0 Å².